The number of carbonyl (C=O) groups is 1. The van der Waals surface area contributed by atoms with Gasteiger partial charge in [0.15, 0.2) is 0 Å². The van der Waals surface area contributed by atoms with Crippen molar-refractivity contribution in [2.24, 2.45) is 12.8 Å². The summed E-state index contributed by atoms with van der Waals surface area (Å²) in [5.74, 6) is -0.229. The van der Waals surface area contributed by atoms with Crippen molar-refractivity contribution in [3.8, 4) is 0 Å². The van der Waals surface area contributed by atoms with Crippen LogP contribution in [-0.2, 0) is 13.6 Å². The Labute approximate surface area is 116 Å². The smallest absolute Gasteiger partial charge is 0.335 e. The number of halogens is 1. The SMILES string of the molecule is Cn1c(CN)c(Br)n2c3cc(C(=O)O)ccc3nc12. The number of benzene rings is 1. The van der Waals surface area contributed by atoms with E-state index in [1.165, 1.54) is 0 Å². The van der Waals surface area contributed by atoms with Crippen molar-refractivity contribution in [1.82, 2.24) is 14.0 Å². The lowest BCUT2D eigenvalue weighted by Crippen LogP contribution is -2.04. The zero-order chi connectivity index (χ0) is 13.7. The van der Waals surface area contributed by atoms with E-state index in [1.807, 2.05) is 16.0 Å². The van der Waals surface area contributed by atoms with E-state index >= 15 is 0 Å². The predicted octanol–water partition coefficient (Wildman–Crippen LogP) is 1.75. The summed E-state index contributed by atoms with van der Waals surface area (Å²) in [4.78, 5) is 15.5. The zero-order valence-electron chi connectivity index (χ0n) is 10.1. The molecule has 3 rings (SSSR count). The van der Waals surface area contributed by atoms with Gasteiger partial charge in [0.05, 0.1) is 22.3 Å². The summed E-state index contributed by atoms with van der Waals surface area (Å²) in [6.07, 6.45) is 0. The van der Waals surface area contributed by atoms with Crippen molar-refractivity contribution in [2.45, 2.75) is 6.54 Å². The Balaban J connectivity index is 2.46. The van der Waals surface area contributed by atoms with Gasteiger partial charge in [-0.05, 0) is 34.1 Å². The van der Waals surface area contributed by atoms with Gasteiger partial charge < -0.3 is 15.4 Å². The monoisotopic (exact) mass is 322 g/mol. The third kappa shape index (κ3) is 1.58. The lowest BCUT2D eigenvalue weighted by Gasteiger charge is -1.99. The molecule has 0 bridgehead atoms. The third-order valence-electron chi connectivity index (χ3n) is 3.22. The van der Waals surface area contributed by atoms with Gasteiger partial charge in [0, 0.05) is 13.6 Å². The molecule has 1 aromatic carbocycles. The van der Waals surface area contributed by atoms with E-state index in [0.717, 1.165) is 27.1 Å². The second-order valence-corrected chi connectivity index (χ2v) is 5.01. The van der Waals surface area contributed by atoms with Crippen molar-refractivity contribution >= 4 is 38.7 Å². The van der Waals surface area contributed by atoms with Crippen LogP contribution in [-0.4, -0.2) is 25.0 Å². The summed E-state index contributed by atoms with van der Waals surface area (Å²) in [7, 11) is 1.88. The Hall–Kier alpha value is -1.86. The standard InChI is InChI=1S/C12H11BrN4O2/c1-16-9(5-14)10(13)17-8-4-6(11(18)19)2-3-7(8)15-12(16)17/h2-4H,5,14H2,1H3,(H,18,19). The molecule has 19 heavy (non-hydrogen) atoms. The van der Waals surface area contributed by atoms with Gasteiger partial charge in [-0.2, -0.15) is 0 Å². The molecule has 0 saturated heterocycles. The van der Waals surface area contributed by atoms with Gasteiger partial charge >= 0.3 is 5.97 Å². The normalized spacial score (nSPS) is 11.5. The van der Waals surface area contributed by atoms with Gasteiger partial charge in [0.2, 0.25) is 5.78 Å². The highest BCUT2D eigenvalue weighted by Gasteiger charge is 2.17. The van der Waals surface area contributed by atoms with Crippen molar-refractivity contribution in [2.75, 3.05) is 0 Å². The molecule has 7 heteroatoms. The molecule has 0 aliphatic rings. The van der Waals surface area contributed by atoms with Crippen molar-refractivity contribution in [3.05, 3.63) is 34.1 Å². The molecule has 98 valence electrons. The van der Waals surface area contributed by atoms with E-state index in [4.69, 9.17) is 10.8 Å². The molecule has 3 N–H and O–H groups in total. The van der Waals surface area contributed by atoms with Crippen molar-refractivity contribution < 1.29 is 9.90 Å². The Bertz CT molecular complexity index is 818. The van der Waals surface area contributed by atoms with Crippen LogP contribution in [0.25, 0.3) is 16.8 Å². The van der Waals surface area contributed by atoms with Crippen LogP contribution in [0.3, 0.4) is 0 Å². The lowest BCUT2D eigenvalue weighted by atomic mass is 10.2. The Morgan fingerprint density at radius 2 is 2.26 bits per heavy atom. The van der Waals surface area contributed by atoms with Crippen LogP contribution in [0.4, 0.5) is 0 Å². The first-order valence-electron chi connectivity index (χ1n) is 5.63. The lowest BCUT2D eigenvalue weighted by molar-refractivity contribution is 0.0697. The minimum absolute atomic E-state index is 0.236. The summed E-state index contributed by atoms with van der Waals surface area (Å²) in [5.41, 5.74) is 8.35. The molecule has 0 radical (unpaired) electrons. The highest BCUT2D eigenvalue weighted by Crippen LogP contribution is 2.27. The molecular formula is C12H11BrN4O2. The average molecular weight is 323 g/mol. The summed E-state index contributed by atoms with van der Waals surface area (Å²) >= 11 is 3.50. The molecule has 0 atom stereocenters. The Kier molecular flexibility index (Phi) is 2.61. The van der Waals surface area contributed by atoms with E-state index in [0.29, 0.717) is 6.54 Å². The molecule has 0 spiro atoms. The largest absolute Gasteiger partial charge is 0.478 e. The number of nitrogens with zero attached hydrogens (tertiary/aromatic N) is 3. The summed E-state index contributed by atoms with van der Waals surface area (Å²) in [6, 6.07) is 4.87. The first kappa shape index (κ1) is 12.2. The van der Waals surface area contributed by atoms with Crippen molar-refractivity contribution in [3.63, 3.8) is 0 Å². The maximum atomic E-state index is 11.0. The molecule has 0 unspecified atom stereocenters. The van der Waals surface area contributed by atoms with Gasteiger partial charge in [-0.3, -0.25) is 4.40 Å². The maximum absolute atomic E-state index is 11.0. The summed E-state index contributed by atoms with van der Waals surface area (Å²) in [6.45, 7) is 0.376. The topological polar surface area (TPSA) is 85.5 Å². The van der Waals surface area contributed by atoms with Crippen LogP contribution in [0.15, 0.2) is 22.8 Å². The average Bonchev–Trinajstić information content (AvgIpc) is 2.86. The maximum Gasteiger partial charge on any atom is 0.335 e. The van der Waals surface area contributed by atoms with Gasteiger partial charge in [-0.15, -0.1) is 0 Å². The zero-order valence-corrected chi connectivity index (χ0v) is 11.7. The number of carboxylic acid groups (broad SMARTS) is 1. The van der Waals surface area contributed by atoms with E-state index in [2.05, 4.69) is 20.9 Å². The number of hydrogen-bond acceptors (Lipinski definition) is 3. The number of aryl methyl sites for hydroxylation is 1. The number of imidazole rings is 2. The Morgan fingerprint density at radius 3 is 2.89 bits per heavy atom. The second-order valence-electron chi connectivity index (χ2n) is 4.26. The minimum Gasteiger partial charge on any atom is -0.478 e. The minimum atomic E-state index is -0.956. The van der Waals surface area contributed by atoms with Crippen molar-refractivity contribution in [1.29, 1.82) is 0 Å². The molecule has 0 fully saturated rings. The van der Waals surface area contributed by atoms with Crippen LogP contribution in [0, 0.1) is 0 Å². The molecule has 0 saturated carbocycles. The first-order chi connectivity index (χ1) is 9.04. The molecule has 2 aromatic heterocycles. The van der Waals surface area contributed by atoms with Gasteiger partial charge in [0.25, 0.3) is 0 Å². The number of aromatic carboxylic acids is 1. The van der Waals surface area contributed by atoms with Gasteiger partial charge in [-0.1, -0.05) is 0 Å². The molecule has 0 amide bonds. The molecule has 0 aliphatic carbocycles. The summed E-state index contributed by atoms with van der Waals surface area (Å²) < 4.78 is 4.56. The third-order valence-corrected chi connectivity index (χ3v) is 4.03. The predicted molar refractivity (Wildman–Crippen MR) is 74.2 cm³/mol. The van der Waals surface area contributed by atoms with Gasteiger partial charge in [-0.25, -0.2) is 9.78 Å². The second kappa shape index (κ2) is 4.07. The highest BCUT2D eigenvalue weighted by atomic mass is 79.9. The number of nitrogens with two attached hydrogens (primary N) is 1. The van der Waals surface area contributed by atoms with E-state index in [9.17, 15) is 4.79 Å². The molecule has 6 nitrogen and oxygen atoms in total. The molecule has 3 aromatic rings. The highest BCUT2D eigenvalue weighted by molar-refractivity contribution is 9.10. The van der Waals surface area contributed by atoms with E-state index in [-0.39, 0.29) is 5.56 Å². The fraction of sp³-hybridized carbons (Fsp3) is 0.167. The summed E-state index contributed by atoms with van der Waals surface area (Å²) in [5, 5.41) is 9.06. The molecular weight excluding hydrogens is 312 g/mol. The number of fused-ring (bicyclic) bond motifs is 3. The Morgan fingerprint density at radius 1 is 1.53 bits per heavy atom. The van der Waals surface area contributed by atoms with E-state index < -0.39 is 5.97 Å². The van der Waals surface area contributed by atoms with Crippen LogP contribution in [0.1, 0.15) is 16.1 Å². The fourth-order valence-electron chi connectivity index (χ4n) is 2.22. The number of aromatic nitrogens is 3. The fourth-order valence-corrected chi connectivity index (χ4v) is 3.00. The van der Waals surface area contributed by atoms with Crippen LogP contribution in [0.5, 0.6) is 0 Å². The van der Waals surface area contributed by atoms with Crippen LogP contribution >= 0.6 is 15.9 Å². The van der Waals surface area contributed by atoms with Crippen LogP contribution in [0.2, 0.25) is 0 Å². The van der Waals surface area contributed by atoms with Crippen LogP contribution < -0.4 is 5.73 Å². The van der Waals surface area contributed by atoms with Gasteiger partial charge in [0.1, 0.15) is 4.60 Å². The number of rotatable bonds is 2. The molecule has 0 aliphatic heterocycles. The quantitative estimate of drug-likeness (QED) is 0.752. The first-order valence-corrected chi connectivity index (χ1v) is 6.42. The molecule has 2 heterocycles. The number of hydrogen-bond donors (Lipinski definition) is 2. The number of carboxylic acids is 1. The van der Waals surface area contributed by atoms with E-state index in [1.54, 1.807) is 18.2 Å².